The summed E-state index contributed by atoms with van der Waals surface area (Å²) >= 11 is 5.86. The summed E-state index contributed by atoms with van der Waals surface area (Å²) in [5.41, 5.74) is 0.329. The first kappa shape index (κ1) is 18.3. The van der Waals surface area contributed by atoms with Crippen LogP contribution in [-0.2, 0) is 71.2 Å². The van der Waals surface area contributed by atoms with E-state index in [9.17, 15) is 0 Å². The number of rotatable bonds is 0. The van der Waals surface area contributed by atoms with E-state index in [1.165, 1.54) is 19.4 Å². The van der Waals surface area contributed by atoms with Crippen LogP contribution in [0.2, 0.25) is 0 Å². The Kier molecular flexibility index (Phi) is 25.7. The molecule has 0 saturated heterocycles. The van der Waals surface area contributed by atoms with Crippen molar-refractivity contribution in [3.8, 4) is 0 Å². The molecular formula is C6H10W4-2. The molecule has 0 aliphatic heterocycles. The molecule has 0 aromatic rings. The summed E-state index contributed by atoms with van der Waals surface area (Å²) < 4.78 is 3.19. The van der Waals surface area contributed by atoms with Crippen molar-refractivity contribution in [2.75, 3.05) is 0 Å². The summed E-state index contributed by atoms with van der Waals surface area (Å²) in [6.07, 6.45) is 0. The standard InChI is InChI=1S/C5H9.CH.4W/c1-5(2,3)4;;;;;/h1-3H3;1H;;;;/q2*-1;;;;. The molecule has 0 aromatic carbocycles. The Labute approximate surface area is 105 Å². The SMILES string of the molecule is CC(C)(C)[C-]=[W].[CH-]=[W].[W]=[W]. The van der Waals surface area contributed by atoms with Gasteiger partial charge in [-0.1, -0.05) is 0 Å². The van der Waals surface area contributed by atoms with E-state index in [0.29, 0.717) is 5.41 Å². The predicted molar refractivity (Wildman–Crippen MR) is 30.5 cm³/mol. The van der Waals surface area contributed by atoms with Gasteiger partial charge < -0.3 is 0 Å². The Morgan fingerprint density at radius 1 is 1.10 bits per heavy atom. The van der Waals surface area contributed by atoms with Crippen molar-refractivity contribution in [3.63, 3.8) is 0 Å². The van der Waals surface area contributed by atoms with Crippen LogP contribution in [0, 0.1) is 5.41 Å². The first-order chi connectivity index (χ1) is 4.56. The van der Waals surface area contributed by atoms with Gasteiger partial charge in [-0.3, -0.25) is 0 Å². The van der Waals surface area contributed by atoms with E-state index in [1.807, 2.05) is 0 Å². The van der Waals surface area contributed by atoms with Crippen molar-refractivity contribution in [2.45, 2.75) is 20.8 Å². The van der Waals surface area contributed by atoms with E-state index in [2.05, 4.69) is 30.1 Å². The first-order valence-corrected chi connectivity index (χ1v) is 16.5. The molecule has 0 aliphatic rings. The van der Waals surface area contributed by atoms with Gasteiger partial charge in [-0.05, 0) is 0 Å². The molecule has 0 heterocycles. The fourth-order valence-corrected chi connectivity index (χ4v) is 0. The van der Waals surface area contributed by atoms with Gasteiger partial charge >= 0.3 is 107 Å². The van der Waals surface area contributed by atoms with E-state index in [1.54, 1.807) is 32.4 Å². The van der Waals surface area contributed by atoms with Gasteiger partial charge in [0.2, 0.25) is 0 Å². The van der Waals surface area contributed by atoms with Gasteiger partial charge in [0.1, 0.15) is 0 Å². The van der Waals surface area contributed by atoms with Gasteiger partial charge in [0.05, 0.1) is 0 Å². The molecule has 0 fully saturated rings. The van der Waals surface area contributed by atoms with Crippen LogP contribution in [0.25, 0.3) is 0 Å². The molecule has 0 atom stereocenters. The topological polar surface area (TPSA) is 0 Å². The summed E-state index contributed by atoms with van der Waals surface area (Å²) in [5.74, 6) is 0. The van der Waals surface area contributed by atoms with Crippen molar-refractivity contribution in [1.29, 1.82) is 0 Å². The monoisotopic (exact) mass is 818 g/mol. The summed E-state index contributed by atoms with van der Waals surface area (Å²) in [6.45, 7) is 6.46. The van der Waals surface area contributed by atoms with Gasteiger partial charge in [-0.25, -0.2) is 0 Å². The van der Waals surface area contributed by atoms with Crippen LogP contribution in [-0.4, -0.2) is 9.30 Å². The molecular weight excluding hydrogens is 807 g/mol. The van der Waals surface area contributed by atoms with Crippen LogP contribution in [0.4, 0.5) is 0 Å². The average molecular weight is 818 g/mol. The molecule has 0 rings (SSSR count). The molecule has 4 heteroatoms. The zero-order chi connectivity index (χ0) is 9.21. The molecule has 0 aromatic heterocycles. The second-order valence-corrected chi connectivity index (χ2v) is 3.09. The van der Waals surface area contributed by atoms with Crippen molar-refractivity contribution < 1.29 is 71.2 Å². The van der Waals surface area contributed by atoms with E-state index in [4.69, 9.17) is 0 Å². The minimum absolute atomic E-state index is 0.329. The summed E-state index contributed by atoms with van der Waals surface area (Å²) in [4.78, 5) is 4.58. The Balaban J connectivity index is -0.000000105. The molecule has 0 spiro atoms. The predicted octanol–water partition coefficient (Wildman–Crippen LogP) is 1.10. The first-order valence-electron chi connectivity index (χ1n) is 2.36. The van der Waals surface area contributed by atoms with Crippen molar-refractivity contribution in [3.05, 3.63) is 0 Å². The van der Waals surface area contributed by atoms with Crippen molar-refractivity contribution >= 4 is 9.30 Å². The van der Waals surface area contributed by atoms with Crippen LogP contribution in [0.15, 0.2) is 0 Å². The Hall–Kier alpha value is 2.49. The Morgan fingerprint density at radius 2 is 1.20 bits per heavy atom. The third-order valence-electron chi connectivity index (χ3n) is 0.306. The minimum atomic E-state index is 0.329. The van der Waals surface area contributed by atoms with E-state index < -0.39 is 0 Å². The van der Waals surface area contributed by atoms with Crippen LogP contribution >= 0.6 is 0 Å². The second kappa shape index (κ2) is 14.0. The molecule has 60 valence electrons. The maximum absolute atomic E-state index is 4.58. The normalized spacial score (nSPS) is 7.50. The molecule has 0 saturated carbocycles. The third-order valence-corrected chi connectivity index (χ3v) is 2.51. The summed E-state index contributed by atoms with van der Waals surface area (Å²) in [5, 5.41) is 0. The molecule has 10 heavy (non-hydrogen) atoms. The van der Waals surface area contributed by atoms with E-state index in [0.717, 1.165) is 19.4 Å². The fourth-order valence-electron chi connectivity index (χ4n) is 0. The van der Waals surface area contributed by atoms with E-state index >= 15 is 0 Å². The van der Waals surface area contributed by atoms with Gasteiger partial charge in [0, 0.05) is 0 Å². The van der Waals surface area contributed by atoms with Gasteiger partial charge in [0.15, 0.2) is 0 Å². The second-order valence-electron chi connectivity index (χ2n) is 2.35. The van der Waals surface area contributed by atoms with Gasteiger partial charge in [-0.2, -0.15) is 0 Å². The van der Waals surface area contributed by atoms with Crippen molar-refractivity contribution in [1.82, 2.24) is 0 Å². The van der Waals surface area contributed by atoms with Crippen LogP contribution in [0.3, 0.4) is 0 Å². The summed E-state index contributed by atoms with van der Waals surface area (Å²) in [7, 11) is 0. The Bertz CT molecular complexity index is 72.3. The van der Waals surface area contributed by atoms with Gasteiger partial charge in [0.25, 0.3) is 0 Å². The van der Waals surface area contributed by atoms with Crippen LogP contribution < -0.4 is 0 Å². The van der Waals surface area contributed by atoms with Crippen LogP contribution in [0.5, 0.6) is 0 Å². The molecule has 0 aliphatic carbocycles. The molecule has 0 bridgehead atoms. The maximum atomic E-state index is 4.58. The molecule has 0 unspecified atom stereocenters. The zero-order valence-corrected chi connectivity index (χ0v) is 17.9. The van der Waals surface area contributed by atoms with Crippen LogP contribution in [0.1, 0.15) is 20.8 Å². The molecule has 0 amide bonds. The number of hydrogen-bond donors (Lipinski definition) is 0. The number of hydrogen-bond acceptors (Lipinski definition) is 0. The molecule has 0 nitrogen and oxygen atoms in total. The zero-order valence-electron chi connectivity index (χ0n) is 6.21. The quantitative estimate of drug-likeness (QED) is 0.322. The molecule has 0 radical (unpaired) electrons. The van der Waals surface area contributed by atoms with Crippen molar-refractivity contribution in [2.24, 2.45) is 5.41 Å². The summed E-state index contributed by atoms with van der Waals surface area (Å²) in [6, 6.07) is 0. The third kappa shape index (κ3) is 31.3. The average Bonchev–Trinajstić information content (AvgIpc) is 1.95. The fraction of sp³-hybridized carbons (Fsp3) is 0.667. The van der Waals surface area contributed by atoms with Gasteiger partial charge in [-0.15, -0.1) is 0 Å². The Morgan fingerprint density at radius 3 is 1.20 bits per heavy atom. The van der Waals surface area contributed by atoms with E-state index in [-0.39, 0.29) is 0 Å². The molecule has 0 N–H and O–H groups in total.